The molecule has 0 spiro atoms. The van der Waals surface area contributed by atoms with E-state index in [0.717, 1.165) is 17.0 Å². The smallest absolute Gasteiger partial charge is 0.295 e. The van der Waals surface area contributed by atoms with Crippen molar-refractivity contribution < 1.29 is 18.1 Å². The van der Waals surface area contributed by atoms with Crippen LogP contribution in [-0.2, 0) is 10.1 Å². The maximum atomic E-state index is 11.7. The molecule has 2 N–H and O–H groups in total. The van der Waals surface area contributed by atoms with Gasteiger partial charge in [-0.15, -0.1) is 10.2 Å². The summed E-state index contributed by atoms with van der Waals surface area (Å²) in [4.78, 5) is 7.88. The average Bonchev–Trinajstić information content (AvgIpc) is 2.66. The third-order valence-electron chi connectivity index (χ3n) is 3.93. The number of aromatic nitrogens is 2. The number of rotatable bonds is 3. The van der Waals surface area contributed by atoms with E-state index in [9.17, 15) is 18.1 Å². The monoisotopic (exact) mass is 380 g/mol. The summed E-state index contributed by atoms with van der Waals surface area (Å²) < 4.78 is 32.9. The van der Waals surface area contributed by atoms with Crippen molar-refractivity contribution in [3.8, 4) is 5.75 Å². The summed E-state index contributed by atoms with van der Waals surface area (Å²) >= 11 is 0. The van der Waals surface area contributed by atoms with Crippen LogP contribution in [0.2, 0.25) is 0 Å². The van der Waals surface area contributed by atoms with E-state index in [0.29, 0.717) is 0 Å². The molecule has 0 aliphatic rings. The van der Waals surface area contributed by atoms with E-state index in [1.54, 1.807) is 6.07 Å². The fourth-order valence-electron chi connectivity index (χ4n) is 2.69. The SMILES string of the molecule is O=S(=O)(O)c1cc(N=Nc2ccc3ccccc3n2)c(O)c2ncccc12. The number of para-hydroxylation sites is 1. The molecule has 0 aliphatic heterocycles. The first kappa shape index (κ1) is 17.0. The number of hydrogen-bond acceptors (Lipinski definition) is 7. The van der Waals surface area contributed by atoms with Gasteiger partial charge in [0.2, 0.25) is 0 Å². The van der Waals surface area contributed by atoms with Crippen molar-refractivity contribution in [3.05, 3.63) is 60.8 Å². The highest BCUT2D eigenvalue weighted by molar-refractivity contribution is 7.86. The van der Waals surface area contributed by atoms with Crippen LogP contribution in [-0.4, -0.2) is 28.0 Å². The normalized spacial score (nSPS) is 12.2. The second-order valence-electron chi connectivity index (χ2n) is 5.68. The van der Waals surface area contributed by atoms with Crippen molar-refractivity contribution in [1.82, 2.24) is 9.97 Å². The summed E-state index contributed by atoms with van der Waals surface area (Å²) in [5.41, 5.74) is 0.564. The van der Waals surface area contributed by atoms with Gasteiger partial charge in [0.15, 0.2) is 11.6 Å². The molecule has 134 valence electrons. The lowest BCUT2D eigenvalue weighted by Crippen LogP contribution is -1.99. The first-order valence-corrected chi connectivity index (χ1v) is 9.23. The predicted octanol–water partition coefficient (Wildman–Crippen LogP) is 4.15. The minimum Gasteiger partial charge on any atom is -0.504 e. The maximum absolute atomic E-state index is 11.7. The summed E-state index contributed by atoms with van der Waals surface area (Å²) in [5, 5.41) is 19.3. The number of pyridine rings is 2. The third-order valence-corrected chi connectivity index (χ3v) is 4.82. The first-order chi connectivity index (χ1) is 12.9. The van der Waals surface area contributed by atoms with Crippen LogP contribution in [0.5, 0.6) is 5.75 Å². The Bertz CT molecular complexity index is 1320. The number of phenols is 1. The van der Waals surface area contributed by atoms with Crippen LogP contribution >= 0.6 is 0 Å². The van der Waals surface area contributed by atoms with E-state index in [4.69, 9.17) is 0 Å². The average molecular weight is 380 g/mol. The number of aromatic hydroxyl groups is 1. The molecule has 4 aromatic rings. The van der Waals surface area contributed by atoms with E-state index in [-0.39, 0.29) is 28.2 Å². The lowest BCUT2D eigenvalue weighted by atomic mass is 10.2. The maximum Gasteiger partial charge on any atom is 0.295 e. The fraction of sp³-hybridized carbons (Fsp3) is 0. The van der Waals surface area contributed by atoms with Gasteiger partial charge in [-0.3, -0.25) is 9.54 Å². The highest BCUT2D eigenvalue weighted by Crippen LogP contribution is 2.38. The summed E-state index contributed by atoms with van der Waals surface area (Å²) in [7, 11) is -4.55. The second-order valence-corrected chi connectivity index (χ2v) is 7.07. The molecule has 0 atom stereocenters. The summed E-state index contributed by atoms with van der Waals surface area (Å²) in [6.07, 6.45) is 1.39. The summed E-state index contributed by atoms with van der Waals surface area (Å²) in [6, 6.07) is 14.9. The molecule has 0 saturated carbocycles. The summed E-state index contributed by atoms with van der Waals surface area (Å²) in [6.45, 7) is 0. The zero-order valence-electron chi connectivity index (χ0n) is 13.7. The number of nitrogens with zero attached hydrogens (tertiary/aromatic N) is 4. The largest absolute Gasteiger partial charge is 0.504 e. The van der Waals surface area contributed by atoms with Crippen molar-refractivity contribution in [2.75, 3.05) is 0 Å². The van der Waals surface area contributed by atoms with E-state index < -0.39 is 15.0 Å². The Morgan fingerprint density at radius 2 is 1.78 bits per heavy atom. The topological polar surface area (TPSA) is 125 Å². The van der Waals surface area contributed by atoms with E-state index in [2.05, 4.69) is 20.2 Å². The molecule has 0 radical (unpaired) electrons. The Balaban J connectivity index is 1.85. The molecule has 0 bridgehead atoms. The van der Waals surface area contributed by atoms with Crippen molar-refractivity contribution in [2.45, 2.75) is 4.90 Å². The molecule has 0 unspecified atom stereocenters. The minimum atomic E-state index is -4.55. The molecule has 2 aromatic carbocycles. The quantitative estimate of drug-likeness (QED) is 0.406. The van der Waals surface area contributed by atoms with Crippen LogP contribution in [0.4, 0.5) is 11.5 Å². The lowest BCUT2D eigenvalue weighted by Gasteiger charge is -2.07. The van der Waals surface area contributed by atoms with Crippen molar-refractivity contribution >= 4 is 43.4 Å². The molecular formula is C18H12N4O4S. The molecule has 0 amide bonds. The van der Waals surface area contributed by atoms with Gasteiger partial charge < -0.3 is 5.11 Å². The zero-order chi connectivity index (χ0) is 19.0. The second kappa shape index (κ2) is 6.38. The van der Waals surface area contributed by atoms with Crippen LogP contribution in [0.3, 0.4) is 0 Å². The number of fused-ring (bicyclic) bond motifs is 2. The van der Waals surface area contributed by atoms with E-state index >= 15 is 0 Å². The Morgan fingerprint density at radius 3 is 2.59 bits per heavy atom. The van der Waals surface area contributed by atoms with Crippen molar-refractivity contribution in [1.29, 1.82) is 0 Å². The molecular weight excluding hydrogens is 368 g/mol. The first-order valence-electron chi connectivity index (χ1n) is 7.79. The Morgan fingerprint density at radius 1 is 0.963 bits per heavy atom. The predicted molar refractivity (Wildman–Crippen MR) is 99.1 cm³/mol. The minimum absolute atomic E-state index is 0.00644. The van der Waals surface area contributed by atoms with E-state index in [1.807, 2.05) is 30.3 Å². The van der Waals surface area contributed by atoms with Gasteiger partial charge >= 0.3 is 0 Å². The van der Waals surface area contributed by atoms with Crippen LogP contribution in [0.25, 0.3) is 21.8 Å². The summed E-state index contributed by atoms with van der Waals surface area (Å²) in [5.74, 6) is -0.0647. The van der Waals surface area contributed by atoms with Gasteiger partial charge in [0.05, 0.1) is 5.52 Å². The number of phenolic OH excluding ortho intramolecular Hbond substituents is 1. The Labute approximate surface area is 153 Å². The van der Waals surface area contributed by atoms with Gasteiger partial charge in [-0.05, 0) is 36.4 Å². The van der Waals surface area contributed by atoms with Crippen molar-refractivity contribution in [2.24, 2.45) is 10.2 Å². The van der Waals surface area contributed by atoms with E-state index in [1.165, 1.54) is 18.3 Å². The van der Waals surface area contributed by atoms with Gasteiger partial charge in [-0.1, -0.05) is 18.2 Å². The zero-order valence-corrected chi connectivity index (χ0v) is 14.5. The standard InChI is InChI=1S/C18H12N4O4S/c23-18-14(10-15(27(24,25)26)12-5-3-9-19-17(12)18)21-22-16-8-7-11-4-1-2-6-13(11)20-16/h1-10,23H,(H,24,25,26). The molecule has 2 aromatic heterocycles. The molecule has 8 nitrogen and oxygen atoms in total. The van der Waals surface area contributed by atoms with Crippen LogP contribution in [0, 0.1) is 0 Å². The van der Waals surface area contributed by atoms with Crippen LogP contribution < -0.4 is 0 Å². The highest BCUT2D eigenvalue weighted by atomic mass is 32.2. The fourth-order valence-corrected chi connectivity index (χ4v) is 3.39. The Hall–Kier alpha value is -3.43. The molecule has 27 heavy (non-hydrogen) atoms. The molecule has 0 aliphatic carbocycles. The number of benzene rings is 2. The number of azo groups is 1. The molecule has 0 saturated heterocycles. The van der Waals surface area contributed by atoms with Crippen LogP contribution in [0.1, 0.15) is 0 Å². The van der Waals surface area contributed by atoms with Gasteiger partial charge in [0.25, 0.3) is 10.1 Å². The molecule has 2 heterocycles. The van der Waals surface area contributed by atoms with Gasteiger partial charge in [-0.2, -0.15) is 8.42 Å². The van der Waals surface area contributed by atoms with Gasteiger partial charge in [0, 0.05) is 17.0 Å². The van der Waals surface area contributed by atoms with Crippen molar-refractivity contribution in [3.63, 3.8) is 0 Å². The van der Waals surface area contributed by atoms with Gasteiger partial charge in [-0.25, -0.2) is 4.98 Å². The van der Waals surface area contributed by atoms with Gasteiger partial charge in [0.1, 0.15) is 16.1 Å². The Kier molecular flexibility index (Phi) is 4.02. The third kappa shape index (κ3) is 3.21. The number of hydrogen-bond donors (Lipinski definition) is 2. The molecule has 0 fully saturated rings. The highest BCUT2D eigenvalue weighted by Gasteiger charge is 2.20. The molecule has 4 rings (SSSR count). The van der Waals surface area contributed by atoms with Crippen LogP contribution in [0.15, 0.2) is 75.9 Å². The lowest BCUT2D eigenvalue weighted by molar-refractivity contribution is 0.479. The molecule has 9 heteroatoms.